The number of phenols is 1. The van der Waals surface area contributed by atoms with Crippen molar-refractivity contribution in [2.45, 2.75) is 19.9 Å². The molecule has 0 saturated carbocycles. The van der Waals surface area contributed by atoms with Crippen LogP contribution >= 0.6 is 0 Å². The summed E-state index contributed by atoms with van der Waals surface area (Å²) in [5, 5.41) is 9.83. The largest absolute Gasteiger partial charge is 0.507 e. The normalized spacial score (nSPS) is 12.9. The first-order chi connectivity index (χ1) is 7.10. The monoisotopic (exact) mass is 209 g/mol. The minimum absolute atomic E-state index is 0.209. The summed E-state index contributed by atoms with van der Waals surface area (Å²) in [4.78, 5) is 2.17. The fourth-order valence-corrected chi connectivity index (χ4v) is 1.52. The molecule has 0 saturated heterocycles. The molecule has 0 spiro atoms. The average molecular weight is 209 g/mol. The Morgan fingerprint density at radius 1 is 1.47 bits per heavy atom. The van der Waals surface area contributed by atoms with Crippen molar-refractivity contribution in [1.29, 1.82) is 0 Å². The van der Waals surface area contributed by atoms with Gasteiger partial charge in [-0.3, -0.25) is 4.90 Å². The second-order valence-corrected chi connectivity index (χ2v) is 3.67. The van der Waals surface area contributed by atoms with Crippen LogP contribution < -0.4 is 4.74 Å². The Balaban J connectivity index is 2.95. The van der Waals surface area contributed by atoms with Gasteiger partial charge in [-0.1, -0.05) is 13.0 Å². The van der Waals surface area contributed by atoms with E-state index in [9.17, 15) is 5.11 Å². The van der Waals surface area contributed by atoms with Gasteiger partial charge in [0.2, 0.25) is 0 Å². The van der Waals surface area contributed by atoms with E-state index in [2.05, 4.69) is 18.7 Å². The second kappa shape index (κ2) is 5.03. The van der Waals surface area contributed by atoms with Gasteiger partial charge in [0, 0.05) is 17.7 Å². The topological polar surface area (TPSA) is 32.7 Å². The molecule has 1 atom stereocenters. The van der Waals surface area contributed by atoms with Crippen molar-refractivity contribution < 1.29 is 9.84 Å². The minimum Gasteiger partial charge on any atom is -0.507 e. The number of nitrogens with zero attached hydrogens (tertiary/aromatic N) is 1. The Morgan fingerprint density at radius 2 is 2.13 bits per heavy atom. The fourth-order valence-electron chi connectivity index (χ4n) is 1.52. The van der Waals surface area contributed by atoms with E-state index in [1.54, 1.807) is 13.2 Å². The summed E-state index contributed by atoms with van der Waals surface area (Å²) in [5.74, 6) is 0.977. The van der Waals surface area contributed by atoms with Gasteiger partial charge in [-0.25, -0.2) is 0 Å². The molecule has 0 aliphatic heterocycles. The van der Waals surface area contributed by atoms with Gasteiger partial charge < -0.3 is 9.84 Å². The summed E-state index contributed by atoms with van der Waals surface area (Å²) in [6, 6.07) is 5.64. The van der Waals surface area contributed by atoms with Gasteiger partial charge in [-0.15, -0.1) is 0 Å². The number of phenolic OH excluding ortho intramolecular Hbond substituents is 1. The van der Waals surface area contributed by atoms with Crippen molar-refractivity contribution in [2.75, 3.05) is 20.7 Å². The zero-order valence-electron chi connectivity index (χ0n) is 9.82. The maximum absolute atomic E-state index is 9.83. The third-order valence-electron chi connectivity index (χ3n) is 2.85. The van der Waals surface area contributed by atoms with Crippen molar-refractivity contribution in [3.63, 3.8) is 0 Å². The first-order valence-electron chi connectivity index (χ1n) is 5.17. The third-order valence-corrected chi connectivity index (χ3v) is 2.85. The highest BCUT2D eigenvalue weighted by molar-refractivity contribution is 5.41. The summed E-state index contributed by atoms with van der Waals surface area (Å²) in [5.41, 5.74) is 0.931. The summed E-state index contributed by atoms with van der Waals surface area (Å²) in [6.07, 6.45) is 0. The van der Waals surface area contributed by atoms with Gasteiger partial charge in [0.15, 0.2) is 0 Å². The summed E-state index contributed by atoms with van der Waals surface area (Å²) >= 11 is 0. The van der Waals surface area contributed by atoms with E-state index in [1.807, 2.05) is 19.2 Å². The van der Waals surface area contributed by atoms with Crippen LogP contribution in [0, 0.1) is 0 Å². The van der Waals surface area contributed by atoms with Gasteiger partial charge >= 0.3 is 0 Å². The molecule has 84 valence electrons. The van der Waals surface area contributed by atoms with Crippen LogP contribution in [0.3, 0.4) is 0 Å². The van der Waals surface area contributed by atoms with Crippen LogP contribution in [0.15, 0.2) is 18.2 Å². The summed E-state index contributed by atoms with van der Waals surface area (Å²) < 4.78 is 5.04. The standard InChI is InChI=1S/C12H19NO2/c1-5-13(3)9(2)11-7-6-10(15-4)8-12(11)14/h6-9,14H,5H2,1-4H3. The van der Waals surface area contributed by atoms with E-state index in [0.29, 0.717) is 11.5 Å². The summed E-state index contributed by atoms with van der Waals surface area (Å²) in [6.45, 7) is 5.12. The summed E-state index contributed by atoms with van der Waals surface area (Å²) in [7, 11) is 3.63. The predicted molar refractivity (Wildman–Crippen MR) is 61.4 cm³/mol. The molecular formula is C12H19NO2. The Kier molecular flexibility index (Phi) is 3.97. The highest BCUT2D eigenvalue weighted by atomic mass is 16.5. The van der Waals surface area contributed by atoms with Crippen molar-refractivity contribution in [1.82, 2.24) is 4.90 Å². The minimum atomic E-state index is 0.209. The lowest BCUT2D eigenvalue weighted by molar-refractivity contribution is 0.269. The first-order valence-corrected chi connectivity index (χ1v) is 5.17. The molecule has 1 aromatic carbocycles. The molecule has 0 fully saturated rings. The van der Waals surface area contributed by atoms with Crippen molar-refractivity contribution in [2.24, 2.45) is 0 Å². The van der Waals surface area contributed by atoms with Crippen molar-refractivity contribution >= 4 is 0 Å². The van der Waals surface area contributed by atoms with Crippen LogP contribution in [0.2, 0.25) is 0 Å². The maximum Gasteiger partial charge on any atom is 0.124 e. The SMILES string of the molecule is CCN(C)C(C)c1ccc(OC)cc1O. The van der Waals surface area contributed by atoms with E-state index in [0.717, 1.165) is 12.1 Å². The Bertz CT molecular complexity index is 325. The first kappa shape index (κ1) is 11.9. The van der Waals surface area contributed by atoms with Gasteiger partial charge in [-0.05, 0) is 26.6 Å². The molecular weight excluding hydrogens is 190 g/mol. The average Bonchev–Trinajstić information content (AvgIpc) is 2.26. The Hall–Kier alpha value is -1.22. The van der Waals surface area contributed by atoms with E-state index in [4.69, 9.17) is 4.74 Å². The van der Waals surface area contributed by atoms with Crippen LogP contribution in [0.25, 0.3) is 0 Å². The molecule has 15 heavy (non-hydrogen) atoms. The highest BCUT2D eigenvalue weighted by Crippen LogP contribution is 2.30. The predicted octanol–water partition coefficient (Wildman–Crippen LogP) is 2.41. The van der Waals surface area contributed by atoms with Crippen molar-refractivity contribution in [3.05, 3.63) is 23.8 Å². The van der Waals surface area contributed by atoms with Crippen LogP contribution in [-0.2, 0) is 0 Å². The van der Waals surface area contributed by atoms with E-state index in [1.165, 1.54) is 0 Å². The molecule has 0 bridgehead atoms. The smallest absolute Gasteiger partial charge is 0.124 e. The Labute approximate surface area is 91.3 Å². The van der Waals surface area contributed by atoms with Crippen LogP contribution in [0.1, 0.15) is 25.5 Å². The Morgan fingerprint density at radius 3 is 2.60 bits per heavy atom. The number of methoxy groups -OCH3 is 1. The highest BCUT2D eigenvalue weighted by Gasteiger charge is 2.14. The molecule has 0 radical (unpaired) electrons. The molecule has 3 nitrogen and oxygen atoms in total. The molecule has 1 aromatic rings. The van der Waals surface area contributed by atoms with E-state index < -0.39 is 0 Å². The quantitative estimate of drug-likeness (QED) is 0.826. The molecule has 0 aromatic heterocycles. The van der Waals surface area contributed by atoms with Crippen LogP contribution in [0.5, 0.6) is 11.5 Å². The molecule has 0 aliphatic carbocycles. The molecule has 0 amide bonds. The number of rotatable bonds is 4. The molecule has 1 rings (SSSR count). The number of hydrogen-bond acceptors (Lipinski definition) is 3. The van der Waals surface area contributed by atoms with Crippen molar-refractivity contribution in [3.8, 4) is 11.5 Å². The van der Waals surface area contributed by atoms with E-state index in [-0.39, 0.29) is 6.04 Å². The zero-order valence-corrected chi connectivity index (χ0v) is 9.82. The number of aromatic hydroxyl groups is 1. The zero-order chi connectivity index (χ0) is 11.4. The van der Waals surface area contributed by atoms with E-state index >= 15 is 0 Å². The second-order valence-electron chi connectivity index (χ2n) is 3.67. The molecule has 3 heteroatoms. The lowest BCUT2D eigenvalue weighted by atomic mass is 10.1. The molecule has 0 heterocycles. The van der Waals surface area contributed by atoms with Gasteiger partial charge in [-0.2, -0.15) is 0 Å². The van der Waals surface area contributed by atoms with Crippen LogP contribution in [0.4, 0.5) is 0 Å². The maximum atomic E-state index is 9.83. The van der Waals surface area contributed by atoms with Gasteiger partial charge in [0.05, 0.1) is 7.11 Å². The third kappa shape index (κ3) is 2.63. The lowest BCUT2D eigenvalue weighted by Gasteiger charge is -2.24. The lowest BCUT2D eigenvalue weighted by Crippen LogP contribution is -2.21. The molecule has 0 aliphatic rings. The number of ether oxygens (including phenoxy) is 1. The number of hydrogen-bond donors (Lipinski definition) is 1. The molecule has 1 N–H and O–H groups in total. The van der Waals surface area contributed by atoms with Gasteiger partial charge in [0.1, 0.15) is 11.5 Å². The van der Waals surface area contributed by atoms with Gasteiger partial charge in [0.25, 0.3) is 0 Å². The number of benzene rings is 1. The van der Waals surface area contributed by atoms with Crippen LogP contribution in [-0.4, -0.2) is 30.7 Å². The fraction of sp³-hybridized carbons (Fsp3) is 0.500. The molecule has 1 unspecified atom stereocenters.